The lowest BCUT2D eigenvalue weighted by Gasteiger charge is -2.27. The first-order valence-electron chi connectivity index (χ1n) is 6.44. The van der Waals surface area contributed by atoms with Crippen LogP contribution < -0.4 is 0 Å². The Bertz CT molecular complexity index is 538. The molecule has 0 fully saturated rings. The van der Waals surface area contributed by atoms with Crippen LogP contribution in [0.2, 0.25) is 0 Å². The van der Waals surface area contributed by atoms with Gasteiger partial charge in [-0.3, -0.25) is 0 Å². The molecule has 0 atom stereocenters. The number of hydrogen-bond donors (Lipinski definition) is 0. The second-order valence-electron chi connectivity index (χ2n) is 5.47. The first-order chi connectivity index (χ1) is 8.66. The first kappa shape index (κ1) is 16.7. The minimum absolute atomic E-state index is 0.0450. The Labute approximate surface area is 125 Å². The van der Waals surface area contributed by atoms with E-state index < -0.39 is 10.0 Å². The van der Waals surface area contributed by atoms with Crippen molar-refractivity contribution in [2.24, 2.45) is 5.92 Å². The summed E-state index contributed by atoms with van der Waals surface area (Å²) < 4.78 is 27.9. The van der Waals surface area contributed by atoms with Crippen molar-refractivity contribution in [3.63, 3.8) is 0 Å². The molecular formula is C14H22BrNO2S. The Balaban J connectivity index is 3.22. The van der Waals surface area contributed by atoms with Gasteiger partial charge in [-0.05, 0) is 50.5 Å². The predicted molar refractivity (Wildman–Crippen MR) is 82.7 cm³/mol. The van der Waals surface area contributed by atoms with Crippen LogP contribution in [0.15, 0.2) is 27.6 Å². The summed E-state index contributed by atoms with van der Waals surface area (Å²) in [4.78, 5) is 0.363. The normalized spacial score (nSPS) is 12.7. The Morgan fingerprint density at radius 2 is 1.79 bits per heavy atom. The van der Waals surface area contributed by atoms with E-state index in [1.807, 2.05) is 34.6 Å². The highest BCUT2D eigenvalue weighted by Crippen LogP contribution is 2.24. The lowest BCUT2D eigenvalue weighted by atomic mass is 10.2. The number of halogens is 1. The van der Waals surface area contributed by atoms with Gasteiger partial charge in [0.05, 0.1) is 4.90 Å². The predicted octanol–water partition coefficient (Wildman–Crippen LogP) is 3.81. The molecule has 0 aromatic heterocycles. The topological polar surface area (TPSA) is 37.4 Å². The summed E-state index contributed by atoms with van der Waals surface area (Å²) in [7, 11) is -3.42. The van der Waals surface area contributed by atoms with Crippen LogP contribution >= 0.6 is 15.9 Å². The van der Waals surface area contributed by atoms with Gasteiger partial charge in [-0.15, -0.1) is 0 Å². The van der Waals surface area contributed by atoms with Crippen molar-refractivity contribution in [1.29, 1.82) is 0 Å². The summed E-state index contributed by atoms with van der Waals surface area (Å²) in [5.74, 6) is 0.300. The van der Waals surface area contributed by atoms with Crippen LogP contribution in [-0.2, 0) is 10.0 Å². The van der Waals surface area contributed by atoms with E-state index in [9.17, 15) is 8.42 Å². The highest BCUT2D eigenvalue weighted by molar-refractivity contribution is 9.10. The number of rotatable bonds is 5. The van der Waals surface area contributed by atoms with Gasteiger partial charge in [0.25, 0.3) is 0 Å². The van der Waals surface area contributed by atoms with Crippen LogP contribution in [0.4, 0.5) is 0 Å². The molecule has 0 unspecified atom stereocenters. The average molecular weight is 348 g/mol. The minimum Gasteiger partial charge on any atom is -0.207 e. The van der Waals surface area contributed by atoms with Crippen LogP contribution in [-0.4, -0.2) is 25.3 Å². The van der Waals surface area contributed by atoms with Crippen molar-refractivity contribution >= 4 is 26.0 Å². The van der Waals surface area contributed by atoms with Gasteiger partial charge < -0.3 is 0 Å². The molecule has 108 valence electrons. The second kappa shape index (κ2) is 6.37. The van der Waals surface area contributed by atoms with Crippen molar-refractivity contribution in [2.75, 3.05) is 6.54 Å². The molecule has 0 aliphatic heterocycles. The molecule has 0 spiro atoms. The van der Waals surface area contributed by atoms with Gasteiger partial charge in [0.1, 0.15) is 0 Å². The summed E-state index contributed by atoms with van der Waals surface area (Å²) in [5.41, 5.74) is 0.925. The van der Waals surface area contributed by atoms with E-state index in [-0.39, 0.29) is 6.04 Å². The molecule has 1 aromatic carbocycles. The van der Waals surface area contributed by atoms with Gasteiger partial charge in [0.2, 0.25) is 10.0 Å². The molecule has 0 amide bonds. The molecule has 3 nitrogen and oxygen atoms in total. The summed E-state index contributed by atoms with van der Waals surface area (Å²) in [6.45, 7) is 10.3. The summed E-state index contributed by atoms with van der Waals surface area (Å²) in [5, 5.41) is 0. The lowest BCUT2D eigenvalue weighted by Crippen LogP contribution is -2.39. The van der Waals surface area contributed by atoms with Crippen LogP contribution in [0.1, 0.15) is 33.3 Å². The fourth-order valence-electron chi connectivity index (χ4n) is 1.86. The lowest BCUT2D eigenvalue weighted by molar-refractivity contribution is 0.319. The smallest absolute Gasteiger partial charge is 0.207 e. The van der Waals surface area contributed by atoms with Crippen molar-refractivity contribution in [1.82, 2.24) is 4.31 Å². The molecule has 0 saturated carbocycles. The second-order valence-corrected chi connectivity index (χ2v) is 8.22. The van der Waals surface area contributed by atoms with Gasteiger partial charge >= 0.3 is 0 Å². The number of aryl methyl sites for hydroxylation is 1. The van der Waals surface area contributed by atoms with Gasteiger partial charge in [-0.2, -0.15) is 4.31 Å². The highest BCUT2D eigenvalue weighted by atomic mass is 79.9. The molecule has 0 bridgehead atoms. The maximum atomic E-state index is 12.7. The third-order valence-corrected chi connectivity index (χ3v) is 5.78. The molecule has 0 heterocycles. The zero-order valence-electron chi connectivity index (χ0n) is 12.1. The zero-order valence-corrected chi connectivity index (χ0v) is 14.5. The minimum atomic E-state index is -3.42. The molecule has 0 radical (unpaired) electrons. The summed E-state index contributed by atoms with van der Waals surface area (Å²) in [6.07, 6.45) is 0. The Morgan fingerprint density at radius 3 is 2.21 bits per heavy atom. The molecular weight excluding hydrogens is 326 g/mol. The Morgan fingerprint density at radius 1 is 1.21 bits per heavy atom. The molecule has 0 aliphatic rings. The zero-order chi connectivity index (χ0) is 14.8. The fraction of sp³-hybridized carbons (Fsp3) is 0.571. The summed E-state index contributed by atoms with van der Waals surface area (Å²) >= 11 is 3.39. The number of benzene rings is 1. The van der Waals surface area contributed by atoms with Crippen LogP contribution in [0, 0.1) is 12.8 Å². The quantitative estimate of drug-likeness (QED) is 0.811. The monoisotopic (exact) mass is 347 g/mol. The van der Waals surface area contributed by atoms with Crippen molar-refractivity contribution in [3.05, 3.63) is 28.2 Å². The maximum absolute atomic E-state index is 12.7. The Hall–Kier alpha value is -0.390. The maximum Gasteiger partial charge on any atom is 0.243 e. The Kier molecular flexibility index (Phi) is 5.59. The van der Waals surface area contributed by atoms with Crippen LogP contribution in [0.5, 0.6) is 0 Å². The van der Waals surface area contributed by atoms with Crippen LogP contribution in [0.25, 0.3) is 0 Å². The largest absolute Gasteiger partial charge is 0.243 e. The van der Waals surface area contributed by atoms with Crippen molar-refractivity contribution in [3.8, 4) is 0 Å². The van der Waals surface area contributed by atoms with E-state index in [1.165, 1.54) is 0 Å². The van der Waals surface area contributed by atoms with Gasteiger partial charge in [0, 0.05) is 17.1 Å². The highest BCUT2D eigenvalue weighted by Gasteiger charge is 2.27. The van der Waals surface area contributed by atoms with E-state index >= 15 is 0 Å². The van der Waals surface area contributed by atoms with Crippen molar-refractivity contribution < 1.29 is 8.42 Å². The van der Waals surface area contributed by atoms with E-state index in [1.54, 1.807) is 22.5 Å². The fourth-order valence-corrected chi connectivity index (χ4v) is 3.99. The standard InChI is InChI=1S/C14H22BrNO2S/c1-10(2)9-16(11(3)4)19(17,18)13-6-7-14(15)12(5)8-13/h6-8,10-11H,9H2,1-5H3. The number of hydrogen-bond acceptors (Lipinski definition) is 2. The van der Waals surface area contributed by atoms with E-state index in [2.05, 4.69) is 15.9 Å². The molecule has 1 aromatic rings. The molecule has 19 heavy (non-hydrogen) atoms. The van der Waals surface area contributed by atoms with Crippen LogP contribution in [0.3, 0.4) is 0 Å². The average Bonchev–Trinajstić information content (AvgIpc) is 2.28. The van der Waals surface area contributed by atoms with Crippen molar-refractivity contribution in [2.45, 2.75) is 45.6 Å². The van der Waals surface area contributed by atoms with Gasteiger partial charge in [-0.25, -0.2) is 8.42 Å². The number of nitrogens with zero attached hydrogens (tertiary/aromatic N) is 1. The third-order valence-electron chi connectivity index (χ3n) is 2.86. The molecule has 1 rings (SSSR count). The molecule has 5 heteroatoms. The van der Waals surface area contributed by atoms with E-state index in [4.69, 9.17) is 0 Å². The third kappa shape index (κ3) is 4.04. The van der Waals surface area contributed by atoms with Gasteiger partial charge in [-0.1, -0.05) is 29.8 Å². The number of sulfonamides is 1. The first-order valence-corrected chi connectivity index (χ1v) is 8.67. The summed E-state index contributed by atoms with van der Waals surface area (Å²) in [6, 6.07) is 5.12. The van der Waals surface area contributed by atoms with Gasteiger partial charge in [0.15, 0.2) is 0 Å². The molecule has 0 saturated heterocycles. The van der Waals surface area contributed by atoms with E-state index in [0.29, 0.717) is 17.4 Å². The molecule has 0 N–H and O–H groups in total. The van der Waals surface area contributed by atoms with E-state index in [0.717, 1.165) is 10.0 Å². The SMILES string of the molecule is Cc1cc(S(=O)(=O)N(CC(C)C)C(C)C)ccc1Br. The molecule has 0 aliphatic carbocycles.